The Morgan fingerprint density at radius 2 is 2.05 bits per heavy atom. The largest absolute Gasteiger partial charge is 0.336 e. The molecule has 1 aromatic carbocycles. The van der Waals surface area contributed by atoms with Crippen LogP contribution in [0.3, 0.4) is 0 Å². The van der Waals surface area contributed by atoms with Crippen LogP contribution in [0.5, 0.6) is 0 Å². The van der Waals surface area contributed by atoms with Crippen molar-refractivity contribution in [2.45, 2.75) is 26.7 Å². The van der Waals surface area contributed by atoms with Gasteiger partial charge in [0.25, 0.3) is 5.91 Å². The Bertz CT molecular complexity index is 683. The molecule has 0 spiro atoms. The minimum absolute atomic E-state index is 0.0901. The molecule has 4 nitrogen and oxygen atoms in total. The molecule has 0 radical (unpaired) electrons. The van der Waals surface area contributed by atoms with Crippen molar-refractivity contribution in [3.8, 4) is 6.07 Å². The Labute approximate surface area is 131 Å². The second-order valence-electron chi connectivity index (χ2n) is 5.76. The van der Waals surface area contributed by atoms with E-state index >= 15 is 0 Å². The zero-order valence-corrected chi connectivity index (χ0v) is 13.1. The van der Waals surface area contributed by atoms with Crippen LogP contribution in [-0.2, 0) is 0 Å². The Balaban J connectivity index is 2.29. The van der Waals surface area contributed by atoms with Crippen LogP contribution < -0.4 is 0 Å². The van der Waals surface area contributed by atoms with Crippen molar-refractivity contribution in [2.24, 2.45) is 5.92 Å². The van der Waals surface area contributed by atoms with Crippen LogP contribution in [0.4, 0.5) is 0 Å². The van der Waals surface area contributed by atoms with E-state index in [-0.39, 0.29) is 5.91 Å². The van der Waals surface area contributed by atoms with Gasteiger partial charge in [-0.2, -0.15) is 5.26 Å². The maximum Gasteiger partial charge on any atom is 0.273 e. The van der Waals surface area contributed by atoms with Gasteiger partial charge in [0.05, 0.1) is 12.5 Å². The lowest BCUT2D eigenvalue weighted by atomic mass is 10.1. The molecule has 1 amide bonds. The third-order valence-corrected chi connectivity index (χ3v) is 3.63. The first-order chi connectivity index (χ1) is 10.6. The molecule has 0 N–H and O–H groups in total. The van der Waals surface area contributed by atoms with Crippen molar-refractivity contribution in [1.29, 1.82) is 5.26 Å². The van der Waals surface area contributed by atoms with Crippen LogP contribution in [0.1, 0.15) is 37.2 Å². The van der Waals surface area contributed by atoms with Gasteiger partial charge >= 0.3 is 0 Å². The van der Waals surface area contributed by atoms with Gasteiger partial charge in [-0.15, -0.1) is 0 Å². The van der Waals surface area contributed by atoms with E-state index in [0.29, 0.717) is 31.1 Å². The van der Waals surface area contributed by atoms with E-state index in [0.717, 1.165) is 17.2 Å². The van der Waals surface area contributed by atoms with Crippen molar-refractivity contribution >= 4 is 16.7 Å². The first kappa shape index (κ1) is 16.0. The standard InChI is InChI=1S/C18H21N3O/c1-14(2)9-13-21(12-5-10-19)18(22)17-16-7-4-3-6-15(16)8-11-20-17/h3-4,6-8,11,14H,5,9,12-13H2,1-2H3. The number of amides is 1. The summed E-state index contributed by atoms with van der Waals surface area (Å²) in [7, 11) is 0. The number of fused-ring (bicyclic) bond motifs is 1. The molecular weight excluding hydrogens is 274 g/mol. The topological polar surface area (TPSA) is 57.0 Å². The first-order valence-electron chi connectivity index (χ1n) is 7.63. The average Bonchev–Trinajstić information content (AvgIpc) is 2.53. The first-order valence-corrected chi connectivity index (χ1v) is 7.63. The van der Waals surface area contributed by atoms with Crippen molar-refractivity contribution in [3.05, 3.63) is 42.2 Å². The third-order valence-electron chi connectivity index (χ3n) is 3.63. The Hall–Kier alpha value is -2.41. The zero-order valence-electron chi connectivity index (χ0n) is 13.1. The molecule has 0 fully saturated rings. The van der Waals surface area contributed by atoms with Gasteiger partial charge < -0.3 is 4.90 Å². The van der Waals surface area contributed by atoms with Gasteiger partial charge in [0, 0.05) is 24.7 Å². The van der Waals surface area contributed by atoms with Crippen molar-refractivity contribution in [2.75, 3.05) is 13.1 Å². The molecule has 1 aromatic heterocycles. The minimum Gasteiger partial charge on any atom is -0.336 e. The number of aromatic nitrogens is 1. The highest BCUT2D eigenvalue weighted by Gasteiger charge is 2.19. The molecule has 4 heteroatoms. The average molecular weight is 295 g/mol. The van der Waals surface area contributed by atoms with Gasteiger partial charge in [0.1, 0.15) is 5.69 Å². The maximum absolute atomic E-state index is 12.8. The van der Waals surface area contributed by atoms with E-state index < -0.39 is 0 Å². The van der Waals surface area contributed by atoms with E-state index in [9.17, 15) is 4.79 Å². The number of carbonyl (C=O) groups excluding carboxylic acids is 1. The SMILES string of the molecule is CC(C)CCN(CCC#N)C(=O)c1nccc2ccccc12. The van der Waals surface area contributed by atoms with Crippen LogP contribution >= 0.6 is 0 Å². The monoisotopic (exact) mass is 295 g/mol. The zero-order chi connectivity index (χ0) is 15.9. The molecule has 1 heterocycles. The van der Waals surface area contributed by atoms with Gasteiger partial charge in [-0.3, -0.25) is 9.78 Å². The van der Waals surface area contributed by atoms with Crippen LogP contribution in [0.15, 0.2) is 36.5 Å². The molecule has 114 valence electrons. The predicted molar refractivity (Wildman–Crippen MR) is 87.3 cm³/mol. The molecule has 0 unspecified atom stereocenters. The summed E-state index contributed by atoms with van der Waals surface area (Å²) in [4.78, 5) is 18.9. The molecule has 0 atom stereocenters. The predicted octanol–water partition coefficient (Wildman–Crippen LogP) is 3.64. The molecule has 0 bridgehead atoms. The number of hydrogen-bond donors (Lipinski definition) is 0. The second-order valence-corrected chi connectivity index (χ2v) is 5.76. The van der Waals surface area contributed by atoms with Gasteiger partial charge in [0.2, 0.25) is 0 Å². The molecule has 0 aliphatic carbocycles. The van der Waals surface area contributed by atoms with Crippen LogP contribution in [-0.4, -0.2) is 28.9 Å². The summed E-state index contributed by atoms with van der Waals surface area (Å²) in [5, 5.41) is 10.7. The van der Waals surface area contributed by atoms with E-state index in [4.69, 9.17) is 5.26 Å². The van der Waals surface area contributed by atoms with Gasteiger partial charge in [0.15, 0.2) is 0 Å². The van der Waals surface area contributed by atoms with Crippen molar-refractivity contribution < 1.29 is 4.79 Å². The maximum atomic E-state index is 12.8. The van der Waals surface area contributed by atoms with E-state index in [2.05, 4.69) is 24.9 Å². The lowest BCUT2D eigenvalue weighted by Crippen LogP contribution is -2.34. The van der Waals surface area contributed by atoms with Gasteiger partial charge in [-0.1, -0.05) is 38.1 Å². The number of nitriles is 1. The second kappa shape index (κ2) is 7.56. The molecule has 0 aliphatic heterocycles. The molecule has 22 heavy (non-hydrogen) atoms. The number of carbonyl (C=O) groups is 1. The van der Waals surface area contributed by atoms with Crippen molar-refractivity contribution in [1.82, 2.24) is 9.88 Å². The fourth-order valence-corrected chi connectivity index (χ4v) is 2.35. The Morgan fingerprint density at radius 1 is 1.27 bits per heavy atom. The number of benzene rings is 1. The summed E-state index contributed by atoms with van der Waals surface area (Å²) in [6, 6.07) is 11.8. The highest BCUT2D eigenvalue weighted by Crippen LogP contribution is 2.18. The molecule has 0 saturated heterocycles. The summed E-state index contributed by atoms with van der Waals surface area (Å²) >= 11 is 0. The molecule has 0 aliphatic rings. The van der Waals surface area contributed by atoms with E-state index in [1.165, 1.54) is 0 Å². The molecular formula is C18H21N3O. The normalized spacial score (nSPS) is 10.6. The van der Waals surface area contributed by atoms with Crippen molar-refractivity contribution in [3.63, 3.8) is 0 Å². The molecule has 2 rings (SSSR count). The quantitative estimate of drug-likeness (QED) is 0.817. The Morgan fingerprint density at radius 3 is 2.77 bits per heavy atom. The molecule has 0 saturated carbocycles. The smallest absolute Gasteiger partial charge is 0.273 e. The third kappa shape index (κ3) is 3.82. The summed E-state index contributed by atoms with van der Waals surface area (Å²) in [6.07, 6.45) is 2.93. The highest BCUT2D eigenvalue weighted by atomic mass is 16.2. The Kier molecular flexibility index (Phi) is 5.48. The van der Waals surface area contributed by atoms with Crippen LogP contribution in [0.2, 0.25) is 0 Å². The number of hydrogen-bond acceptors (Lipinski definition) is 3. The minimum atomic E-state index is -0.0901. The van der Waals surface area contributed by atoms with Gasteiger partial charge in [-0.05, 0) is 23.8 Å². The van der Waals surface area contributed by atoms with E-state index in [1.807, 2.05) is 30.3 Å². The lowest BCUT2D eigenvalue weighted by molar-refractivity contribution is 0.0748. The number of rotatable bonds is 6. The number of nitrogens with zero attached hydrogens (tertiary/aromatic N) is 3. The summed E-state index contributed by atoms with van der Waals surface area (Å²) in [5.41, 5.74) is 0.472. The fourth-order valence-electron chi connectivity index (χ4n) is 2.35. The summed E-state index contributed by atoms with van der Waals surface area (Å²) < 4.78 is 0. The van der Waals surface area contributed by atoms with Crippen LogP contribution in [0.25, 0.3) is 10.8 Å². The lowest BCUT2D eigenvalue weighted by Gasteiger charge is -2.22. The number of pyridine rings is 1. The summed E-state index contributed by atoms with van der Waals surface area (Å²) in [5.74, 6) is 0.422. The summed E-state index contributed by atoms with van der Waals surface area (Å²) in [6.45, 7) is 5.36. The molecule has 2 aromatic rings. The fraction of sp³-hybridized carbons (Fsp3) is 0.389. The van der Waals surface area contributed by atoms with Crippen LogP contribution in [0, 0.1) is 17.2 Å². The van der Waals surface area contributed by atoms with E-state index in [1.54, 1.807) is 11.1 Å². The van der Waals surface area contributed by atoms with Gasteiger partial charge in [-0.25, -0.2) is 0 Å². The highest BCUT2D eigenvalue weighted by molar-refractivity contribution is 6.05.